The van der Waals surface area contributed by atoms with E-state index in [1.54, 1.807) is 12.1 Å². The molecule has 0 bridgehead atoms. The van der Waals surface area contributed by atoms with E-state index >= 15 is 0 Å². The molecule has 104 valence electrons. The summed E-state index contributed by atoms with van der Waals surface area (Å²) >= 11 is 0. The van der Waals surface area contributed by atoms with Crippen molar-refractivity contribution < 1.29 is 15.3 Å². The lowest BCUT2D eigenvalue weighted by Gasteiger charge is -2.21. The van der Waals surface area contributed by atoms with Gasteiger partial charge in [0.25, 0.3) is 0 Å². The Morgan fingerprint density at radius 1 is 1.11 bits per heavy atom. The summed E-state index contributed by atoms with van der Waals surface area (Å²) < 4.78 is 0. The molecular weight excluding hydrogens is 240 g/mol. The third-order valence-corrected chi connectivity index (χ3v) is 3.67. The van der Waals surface area contributed by atoms with Gasteiger partial charge in [-0.3, -0.25) is 0 Å². The monoisotopic (exact) mass is 262 g/mol. The highest BCUT2D eigenvalue weighted by atomic mass is 16.3. The van der Waals surface area contributed by atoms with Gasteiger partial charge in [0.1, 0.15) is 11.5 Å². The minimum atomic E-state index is -0.618. The maximum absolute atomic E-state index is 9.87. The van der Waals surface area contributed by atoms with E-state index in [-0.39, 0.29) is 11.5 Å². The molecule has 19 heavy (non-hydrogen) atoms. The first-order valence-corrected chi connectivity index (χ1v) is 6.80. The first kappa shape index (κ1) is 13.9. The number of hydrogen-bond acceptors (Lipinski definition) is 3. The van der Waals surface area contributed by atoms with Crippen LogP contribution in [0.1, 0.15) is 44.2 Å². The Balaban J connectivity index is 2.01. The molecule has 0 heterocycles. The lowest BCUT2D eigenvalue weighted by atomic mass is 9.87. The van der Waals surface area contributed by atoms with Gasteiger partial charge in [-0.25, -0.2) is 0 Å². The molecule has 3 heteroatoms. The predicted octanol–water partition coefficient (Wildman–Crippen LogP) is 3.06. The summed E-state index contributed by atoms with van der Waals surface area (Å²) in [7, 11) is 0. The molecule has 0 spiro atoms. The predicted molar refractivity (Wildman–Crippen MR) is 75.4 cm³/mol. The molecular formula is C16H22O3. The van der Waals surface area contributed by atoms with Gasteiger partial charge in [-0.15, -0.1) is 0 Å². The molecule has 0 atom stereocenters. The van der Waals surface area contributed by atoms with Crippen LogP contribution in [-0.2, 0) is 12.8 Å². The van der Waals surface area contributed by atoms with E-state index in [1.807, 2.05) is 13.8 Å². The Bertz CT molecular complexity index is 495. The Kier molecular flexibility index (Phi) is 3.85. The SMILES string of the molecule is CC(C)(O)CCCC1=CCc2c(O)ccc(O)c2C1. The minimum absolute atomic E-state index is 0.264. The largest absolute Gasteiger partial charge is 0.508 e. The number of phenolic OH excluding ortho intramolecular Hbond substituents is 2. The number of aliphatic hydroxyl groups is 1. The van der Waals surface area contributed by atoms with Crippen molar-refractivity contribution in [3.8, 4) is 11.5 Å². The zero-order chi connectivity index (χ0) is 14.0. The molecule has 1 aromatic rings. The van der Waals surface area contributed by atoms with E-state index in [4.69, 9.17) is 0 Å². The zero-order valence-corrected chi connectivity index (χ0v) is 11.6. The summed E-state index contributed by atoms with van der Waals surface area (Å²) in [6, 6.07) is 3.09. The van der Waals surface area contributed by atoms with Gasteiger partial charge in [0.05, 0.1) is 5.60 Å². The van der Waals surface area contributed by atoms with Gasteiger partial charge in [-0.2, -0.15) is 0 Å². The van der Waals surface area contributed by atoms with Crippen LogP contribution in [0.15, 0.2) is 23.8 Å². The Morgan fingerprint density at radius 3 is 2.37 bits per heavy atom. The van der Waals surface area contributed by atoms with Gasteiger partial charge in [0.15, 0.2) is 0 Å². The van der Waals surface area contributed by atoms with Gasteiger partial charge < -0.3 is 15.3 Å². The number of aromatic hydroxyl groups is 2. The van der Waals surface area contributed by atoms with E-state index in [0.717, 1.165) is 30.4 Å². The number of phenols is 2. The lowest BCUT2D eigenvalue weighted by Crippen LogP contribution is -2.18. The molecule has 2 rings (SSSR count). The molecule has 1 aliphatic rings. The highest BCUT2D eigenvalue weighted by Crippen LogP contribution is 2.35. The topological polar surface area (TPSA) is 60.7 Å². The molecule has 3 N–H and O–H groups in total. The molecule has 0 unspecified atom stereocenters. The quantitative estimate of drug-likeness (QED) is 0.577. The molecule has 3 nitrogen and oxygen atoms in total. The number of allylic oxidation sites excluding steroid dienone is 2. The van der Waals surface area contributed by atoms with E-state index in [0.29, 0.717) is 12.8 Å². The Hall–Kier alpha value is -1.48. The summed E-state index contributed by atoms with van der Waals surface area (Å²) in [6.45, 7) is 3.64. The van der Waals surface area contributed by atoms with Gasteiger partial charge in [0, 0.05) is 11.1 Å². The Labute approximate surface area is 114 Å². The maximum atomic E-state index is 9.87. The van der Waals surface area contributed by atoms with Crippen molar-refractivity contribution in [2.75, 3.05) is 0 Å². The fourth-order valence-electron chi connectivity index (χ4n) is 2.58. The number of hydrogen-bond donors (Lipinski definition) is 3. The summed E-state index contributed by atoms with van der Waals surface area (Å²) in [5.74, 6) is 0.528. The number of benzene rings is 1. The van der Waals surface area contributed by atoms with E-state index in [9.17, 15) is 15.3 Å². The standard InChI is InChI=1S/C16H22O3/c1-16(2,19)9-3-4-11-5-6-12-13(10-11)15(18)8-7-14(12)17/h5,7-8,17-19H,3-4,6,9-10H2,1-2H3. The van der Waals surface area contributed by atoms with Gasteiger partial charge in [-0.1, -0.05) is 11.6 Å². The number of fused-ring (bicyclic) bond motifs is 1. The molecule has 0 aromatic heterocycles. The van der Waals surface area contributed by atoms with Crippen LogP contribution in [0.5, 0.6) is 11.5 Å². The average Bonchev–Trinajstić information content (AvgIpc) is 2.32. The second kappa shape index (κ2) is 5.25. The summed E-state index contributed by atoms with van der Waals surface area (Å²) in [6.07, 6.45) is 6.13. The third kappa shape index (κ3) is 3.51. The van der Waals surface area contributed by atoms with Crippen LogP contribution in [0.4, 0.5) is 0 Å². The van der Waals surface area contributed by atoms with Gasteiger partial charge in [-0.05, 0) is 58.1 Å². The summed E-state index contributed by atoms with van der Waals surface area (Å²) in [4.78, 5) is 0. The van der Waals surface area contributed by atoms with Crippen LogP contribution < -0.4 is 0 Å². The fraction of sp³-hybridized carbons (Fsp3) is 0.500. The van der Waals surface area contributed by atoms with Crippen LogP contribution in [0.2, 0.25) is 0 Å². The van der Waals surface area contributed by atoms with Gasteiger partial charge >= 0.3 is 0 Å². The smallest absolute Gasteiger partial charge is 0.119 e. The van der Waals surface area contributed by atoms with Gasteiger partial charge in [0.2, 0.25) is 0 Å². The molecule has 0 saturated heterocycles. The van der Waals surface area contributed by atoms with Crippen molar-refractivity contribution in [3.05, 3.63) is 34.9 Å². The summed E-state index contributed by atoms with van der Waals surface area (Å²) in [5.41, 5.74) is 2.35. The maximum Gasteiger partial charge on any atom is 0.119 e. The van der Waals surface area contributed by atoms with Crippen LogP contribution >= 0.6 is 0 Å². The van der Waals surface area contributed by atoms with Crippen molar-refractivity contribution in [1.29, 1.82) is 0 Å². The first-order valence-electron chi connectivity index (χ1n) is 6.80. The minimum Gasteiger partial charge on any atom is -0.508 e. The van der Waals surface area contributed by atoms with Crippen molar-refractivity contribution in [2.24, 2.45) is 0 Å². The molecule has 0 radical (unpaired) electrons. The molecule has 0 fully saturated rings. The van der Waals surface area contributed by atoms with E-state index < -0.39 is 5.60 Å². The van der Waals surface area contributed by atoms with Crippen molar-refractivity contribution in [2.45, 2.75) is 51.6 Å². The lowest BCUT2D eigenvalue weighted by molar-refractivity contribution is 0.0689. The fourth-order valence-corrected chi connectivity index (χ4v) is 2.58. The van der Waals surface area contributed by atoms with Crippen molar-refractivity contribution in [1.82, 2.24) is 0 Å². The highest BCUT2D eigenvalue weighted by Gasteiger charge is 2.18. The first-order chi connectivity index (χ1) is 8.87. The number of rotatable bonds is 4. The Morgan fingerprint density at radius 2 is 1.74 bits per heavy atom. The summed E-state index contributed by atoms with van der Waals surface area (Å²) in [5, 5.41) is 29.3. The van der Waals surface area contributed by atoms with Crippen molar-refractivity contribution in [3.63, 3.8) is 0 Å². The zero-order valence-electron chi connectivity index (χ0n) is 11.6. The molecule has 0 saturated carbocycles. The molecule has 0 aliphatic heterocycles. The van der Waals surface area contributed by atoms with Crippen LogP contribution in [-0.4, -0.2) is 20.9 Å². The average molecular weight is 262 g/mol. The van der Waals surface area contributed by atoms with Crippen molar-refractivity contribution >= 4 is 0 Å². The normalized spacial score (nSPS) is 15.0. The van der Waals surface area contributed by atoms with Crippen LogP contribution in [0.25, 0.3) is 0 Å². The molecule has 1 aliphatic carbocycles. The van der Waals surface area contributed by atoms with Crippen LogP contribution in [0, 0.1) is 0 Å². The van der Waals surface area contributed by atoms with E-state index in [2.05, 4.69) is 6.08 Å². The third-order valence-electron chi connectivity index (χ3n) is 3.67. The van der Waals surface area contributed by atoms with Crippen LogP contribution in [0.3, 0.4) is 0 Å². The van der Waals surface area contributed by atoms with E-state index in [1.165, 1.54) is 5.57 Å². The highest BCUT2D eigenvalue weighted by molar-refractivity contribution is 5.52. The molecule has 1 aromatic carbocycles. The molecule has 0 amide bonds. The second-order valence-electron chi connectivity index (χ2n) is 5.97. The second-order valence-corrected chi connectivity index (χ2v) is 5.97.